The first kappa shape index (κ1) is 5.41. The second-order valence-electron chi connectivity index (χ2n) is 1.51. The Kier molecular flexibility index (Phi) is 1.97. The van der Waals surface area contributed by atoms with Gasteiger partial charge in [0.15, 0.2) is 0 Å². The van der Waals surface area contributed by atoms with Crippen LogP contribution in [0.25, 0.3) is 0 Å². The Labute approximate surface area is 47.1 Å². The summed E-state index contributed by atoms with van der Waals surface area (Å²) in [6, 6.07) is 0. The molecule has 1 atom stereocenters. The van der Waals surface area contributed by atoms with Gasteiger partial charge in [-0.15, -0.1) is 0 Å². The van der Waals surface area contributed by atoms with Gasteiger partial charge >= 0.3 is 0 Å². The zero-order valence-electron chi connectivity index (χ0n) is 3.96. The summed E-state index contributed by atoms with van der Waals surface area (Å²) in [6.07, 6.45) is 1.12. The number of aliphatic hydroxyl groups excluding tert-OH is 1. The van der Waals surface area contributed by atoms with Gasteiger partial charge in [0.05, 0.1) is 12.7 Å². The molecule has 1 rings (SSSR count). The third kappa shape index (κ3) is 1.33. The molecule has 0 aromatic rings. The number of hydrogen-bond acceptors (Lipinski definition) is 3. The van der Waals surface area contributed by atoms with Crippen LogP contribution < -0.4 is 0 Å². The maximum Gasteiger partial charge on any atom is 0.0961 e. The predicted octanol–water partition coefficient (Wildman–Crippen LogP) is 0.416. The molecule has 0 bridgehead atoms. The van der Waals surface area contributed by atoms with E-state index in [1.165, 1.54) is 12.0 Å². The molecule has 1 unspecified atom stereocenters. The normalized spacial score (nSPS) is 31.3. The Morgan fingerprint density at radius 3 is 3.00 bits per heavy atom. The van der Waals surface area contributed by atoms with Crippen molar-refractivity contribution in [1.29, 1.82) is 0 Å². The van der Waals surface area contributed by atoms with E-state index in [-0.39, 0.29) is 12.7 Å². The van der Waals surface area contributed by atoms with Gasteiger partial charge in [-0.3, -0.25) is 0 Å². The van der Waals surface area contributed by atoms with Crippen LogP contribution in [0.2, 0.25) is 0 Å². The fourth-order valence-corrected chi connectivity index (χ4v) is 1.30. The standard InChI is InChI=1S/C4H8O2S/c5-3-4-1-2-7-6-4/h4-5H,1-3H2. The zero-order valence-corrected chi connectivity index (χ0v) is 4.78. The molecule has 7 heavy (non-hydrogen) atoms. The van der Waals surface area contributed by atoms with Crippen molar-refractivity contribution >= 4 is 12.0 Å². The highest BCUT2D eigenvalue weighted by Gasteiger charge is 2.14. The van der Waals surface area contributed by atoms with Crippen LogP contribution in [0, 0.1) is 0 Å². The maximum atomic E-state index is 8.43. The van der Waals surface area contributed by atoms with Crippen LogP contribution in [0.3, 0.4) is 0 Å². The molecule has 0 aromatic heterocycles. The fourth-order valence-electron chi connectivity index (χ4n) is 0.494. The van der Waals surface area contributed by atoms with E-state index in [2.05, 4.69) is 0 Å². The van der Waals surface area contributed by atoms with Gasteiger partial charge in [-0.05, 0) is 18.5 Å². The molecule has 1 saturated heterocycles. The summed E-state index contributed by atoms with van der Waals surface area (Å²) in [7, 11) is 0. The van der Waals surface area contributed by atoms with Gasteiger partial charge in [-0.25, -0.2) is 0 Å². The van der Waals surface area contributed by atoms with E-state index < -0.39 is 0 Å². The Bertz CT molecular complexity index is 51.7. The van der Waals surface area contributed by atoms with Crippen molar-refractivity contribution in [2.24, 2.45) is 0 Å². The van der Waals surface area contributed by atoms with Crippen molar-refractivity contribution in [2.75, 3.05) is 12.4 Å². The van der Waals surface area contributed by atoms with Gasteiger partial charge in [0.25, 0.3) is 0 Å². The molecule has 1 fully saturated rings. The van der Waals surface area contributed by atoms with Gasteiger partial charge in [-0.2, -0.15) is 0 Å². The fraction of sp³-hybridized carbons (Fsp3) is 1.00. The first-order valence-corrected chi connectivity index (χ1v) is 3.23. The molecule has 42 valence electrons. The molecule has 0 aromatic carbocycles. The van der Waals surface area contributed by atoms with Crippen LogP contribution in [0.1, 0.15) is 6.42 Å². The number of rotatable bonds is 1. The lowest BCUT2D eigenvalue weighted by Gasteiger charge is -1.98. The smallest absolute Gasteiger partial charge is 0.0961 e. The van der Waals surface area contributed by atoms with Gasteiger partial charge in [0, 0.05) is 5.75 Å². The molecule has 0 spiro atoms. The Hall–Kier alpha value is 0.270. The first-order chi connectivity index (χ1) is 3.43. The molecule has 0 radical (unpaired) electrons. The lowest BCUT2D eigenvalue weighted by Crippen LogP contribution is -2.08. The van der Waals surface area contributed by atoms with Crippen molar-refractivity contribution in [2.45, 2.75) is 12.5 Å². The molecule has 2 nitrogen and oxygen atoms in total. The highest BCUT2D eigenvalue weighted by molar-refractivity contribution is 7.94. The quantitative estimate of drug-likeness (QED) is 0.508. The van der Waals surface area contributed by atoms with E-state index in [4.69, 9.17) is 9.29 Å². The van der Waals surface area contributed by atoms with E-state index in [9.17, 15) is 0 Å². The second kappa shape index (κ2) is 2.55. The Morgan fingerprint density at radius 2 is 2.71 bits per heavy atom. The van der Waals surface area contributed by atoms with Crippen LogP contribution >= 0.6 is 12.0 Å². The van der Waals surface area contributed by atoms with Crippen molar-refractivity contribution < 1.29 is 9.29 Å². The predicted molar refractivity (Wildman–Crippen MR) is 29.0 cm³/mol. The van der Waals surface area contributed by atoms with Gasteiger partial charge in [0.1, 0.15) is 0 Å². The number of aliphatic hydroxyl groups is 1. The van der Waals surface area contributed by atoms with E-state index in [1.54, 1.807) is 0 Å². The van der Waals surface area contributed by atoms with Crippen LogP contribution in [0.4, 0.5) is 0 Å². The molecular formula is C4H8O2S. The Morgan fingerprint density at radius 1 is 1.86 bits per heavy atom. The zero-order chi connectivity index (χ0) is 5.11. The summed E-state index contributed by atoms with van der Waals surface area (Å²) < 4.78 is 4.97. The minimum atomic E-state index is 0.116. The molecule has 0 aliphatic carbocycles. The van der Waals surface area contributed by atoms with E-state index in [1.807, 2.05) is 0 Å². The van der Waals surface area contributed by atoms with Crippen molar-refractivity contribution in [3.8, 4) is 0 Å². The summed E-state index contributed by atoms with van der Waals surface area (Å²) in [6.45, 7) is 0.174. The summed E-state index contributed by atoms with van der Waals surface area (Å²) in [5, 5.41) is 8.43. The van der Waals surface area contributed by atoms with Crippen molar-refractivity contribution in [1.82, 2.24) is 0 Å². The first-order valence-electron chi connectivity index (χ1n) is 2.32. The van der Waals surface area contributed by atoms with Crippen molar-refractivity contribution in [3.05, 3.63) is 0 Å². The average Bonchev–Trinajstić information content (AvgIpc) is 2.14. The van der Waals surface area contributed by atoms with Crippen LogP contribution in [0.15, 0.2) is 0 Å². The third-order valence-corrected chi connectivity index (χ3v) is 1.74. The van der Waals surface area contributed by atoms with Gasteiger partial charge in [-0.1, -0.05) is 0 Å². The monoisotopic (exact) mass is 120 g/mol. The highest BCUT2D eigenvalue weighted by Crippen LogP contribution is 2.20. The van der Waals surface area contributed by atoms with Gasteiger partial charge < -0.3 is 9.29 Å². The summed E-state index contributed by atoms with van der Waals surface area (Å²) >= 11 is 1.45. The summed E-state index contributed by atoms with van der Waals surface area (Å²) in [5.41, 5.74) is 0. The van der Waals surface area contributed by atoms with Gasteiger partial charge in [0.2, 0.25) is 0 Å². The molecule has 0 saturated carbocycles. The maximum absolute atomic E-state index is 8.43. The van der Waals surface area contributed by atoms with Crippen LogP contribution in [0.5, 0.6) is 0 Å². The van der Waals surface area contributed by atoms with Crippen molar-refractivity contribution in [3.63, 3.8) is 0 Å². The lowest BCUT2D eigenvalue weighted by molar-refractivity contribution is 0.147. The molecule has 1 aliphatic rings. The second-order valence-corrected chi connectivity index (χ2v) is 2.35. The van der Waals surface area contributed by atoms with E-state index in [0.717, 1.165) is 12.2 Å². The molecule has 3 heteroatoms. The molecule has 0 amide bonds. The largest absolute Gasteiger partial charge is 0.394 e. The molecule has 1 aliphatic heterocycles. The number of hydrogen-bond donors (Lipinski definition) is 1. The minimum Gasteiger partial charge on any atom is -0.394 e. The average molecular weight is 120 g/mol. The minimum absolute atomic E-state index is 0.116. The molecular weight excluding hydrogens is 112 g/mol. The lowest BCUT2D eigenvalue weighted by atomic mass is 10.3. The molecule has 1 heterocycles. The highest BCUT2D eigenvalue weighted by atomic mass is 32.2. The van der Waals surface area contributed by atoms with E-state index >= 15 is 0 Å². The summed E-state index contributed by atoms with van der Waals surface area (Å²) in [5.74, 6) is 1.03. The van der Waals surface area contributed by atoms with Crippen LogP contribution in [-0.4, -0.2) is 23.6 Å². The van der Waals surface area contributed by atoms with E-state index in [0.29, 0.717) is 0 Å². The topological polar surface area (TPSA) is 29.5 Å². The molecule has 1 N–H and O–H groups in total. The van der Waals surface area contributed by atoms with Crippen LogP contribution in [-0.2, 0) is 4.18 Å². The SMILES string of the molecule is OCC1CCSO1. The third-order valence-electron chi connectivity index (χ3n) is 0.931. The summed E-state index contributed by atoms with van der Waals surface area (Å²) in [4.78, 5) is 0. The Balaban J connectivity index is 2.14.